The van der Waals surface area contributed by atoms with Crippen molar-refractivity contribution in [2.24, 2.45) is 0 Å². The third-order valence-corrected chi connectivity index (χ3v) is 5.21. The lowest BCUT2D eigenvalue weighted by molar-refractivity contribution is -0.135. The molecule has 4 rings (SSSR count). The average molecular weight is 346 g/mol. The van der Waals surface area contributed by atoms with Crippen LogP contribution in [0.3, 0.4) is 0 Å². The van der Waals surface area contributed by atoms with Gasteiger partial charge in [0.15, 0.2) is 5.82 Å². The lowest BCUT2D eigenvalue weighted by Gasteiger charge is -2.43. The quantitative estimate of drug-likeness (QED) is 0.789. The van der Waals surface area contributed by atoms with Crippen molar-refractivity contribution in [3.63, 3.8) is 0 Å². The molecule has 1 saturated heterocycles. The smallest absolute Gasteiger partial charge is 0.223 e. The Morgan fingerprint density at radius 1 is 1.04 bits per heavy atom. The number of H-pyrrole nitrogens is 1. The molecule has 132 valence electrons. The van der Waals surface area contributed by atoms with Crippen molar-refractivity contribution in [1.82, 2.24) is 20.1 Å². The molecule has 26 heavy (non-hydrogen) atoms. The Labute approximate surface area is 153 Å². The Hall–Kier alpha value is -2.95. The molecule has 1 aliphatic rings. The minimum absolute atomic E-state index is 0.162. The van der Waals surface area contributed by atoms with Crippen LogP contribution in [0.1, 0.15) is 35.6 Å². The Balaban J connectivity index is 1.73. The van der Waals surface area contributed by atoms with Gasteiger partial charge in [0.1, 0.15) is 5.82 Å². The lowest BCUT2D eigenvalue weighted by Crippen LogP contribution is -2.49. The van der Waals surface area contributed by atoms with E-state index in [1.807, 2.05) is 24.0 Å². The van der Waals surface area contributed by atoms with Crippen molar-refractivity contribution >= 4 is 5.91 Å². The first kappa shape index (κ1) is 16.5. The van der Waals surface area contributed by atoms with Gasteiger partial charge in [0.2, 0.25) is 5.91 Å². The number of hydrogen-bond acceptors (Lipinski definition) is 3. The topological polar surface area (TPSA) is 61.9 Å². The first-order valence-corrected chi connectivity index (χ1v) is 8.94. The van der Waals surface area contributed by atoms with E-state index in [-0.39, 0.29) is 11.3 Å². The van der Waals surface area contributed by atoms with Gasteiger partial charge in [-0.25, -0.2) is 4.98 Å². The zero-order valence-corrected chi connectivity index (χ0v) is 14.9. The fourth-order valence-corrected chi connectivity index (χ4v) is 3.90. The number of nitrogens with zero attached hydrogens (tertiary/aromatic N) is 3. The van der Waals surface area contributed by atoms with E-state index in [1.54, 1.807) is 0 Å². The van der Waals surface area contributed by atoms with E-state index >= 15 is 0 Å². The highest BCUT2D eigenvalue weighted by Crippen LogP contribution is 2.40. The maximum absolute atomic E-state index is 12.6. The van der Waals surface area contributed by atoms with Crippen LogP contribution in [0.5, 0.6) is 0 Å². The number of rotatable bonds is 4. The van der Waals surface area contributed by atoms with Crippen molar-refractivity contribution in [2.75, 3.05) is 6.54 Å². The fourth-order valence-electron chi connectivity index (χ4n) is 3.90. The molecular formula is C21H22N4O. The first-order valence-electron chi connectivity index (χ1n) is 8.94. The summed E-state index contributed by atoms with van der Waals surface area (Å²) in [7, 11) is 0. The zero-order valence-electron chi connectivity index (χ0n) is 14.9. The monoisotopic (exact) mass is 346 g/mol. The predicted molar refractivity (Wildman–Crippen MR) is 99.4 cm³/mol. The van der Waals surface area contributed by atoms with Crippen LogP contribution in [0, 0.1) is 6.92 Å². The number of likely N-dealkylation sites (tertiary alicyclic amines) is 1. The molecule has 1 aliphatic heterocycles. The summed E-state index contributed by atoms with van der Waals surface area (Å²) in [4.78, 5) is 18.9. The number of aryl methyl sites for hydroxylation is 1. The molecule has 5 heteroatoms. The maximum Gasteiger partial charge on any atom is 0.223 e. The summed E-state index contributed by atoms with van der Waals surface area (Å²) in [5.41, 5.74) is 2.28. The zero-order chi connectivity index (χ0) is 18.0. The predicted octanol–water partition coefficient (Wildman–Crippen LogP) is 3.22. The summed E-state index contributed by atoms with van der Waals surface area (Å²) in [6.07, 6.45) is 1.33. The van der Waals surface area contributed by atoms with Crippen LogP contribution in [0.25, 0.3) is 0 Å². The third-order valence-electron chi connectivity index (χ3n) is 5.21. The van der Waals surface area contributed by atoms with Gasteiger partial charge in [-0.05, 0) is 24.5 Å². The van der Waals surface area contributed by atoms with E-state index in [0.29, 0.717) is 25.3 Å². The largest absolute Gasteiger partial charge is 0.334 e. The molecule has 0 spiro atoms. The number of hydrogen-bond donors (Lipinski definition) is 1. The number of amides is 1. The second-order valence-electron chi connectivity index (χ2n) is 6.90. The Kier molecular flexibility index (Phi) is 4.29. The molecule has 1 aromatic heterocycles. The first-order chi connectivity index (χ1) is 12.7. The molecule has 0 radical (unpaired) electrons. The molecule has 1 fully saturated rings. The molecule has 2 heterocycles. The Morgan fingerprint density at radius 2 is 1.65 bits per heavy atom. The lowest BCUT2D eigenvalue weighted by atomic mass is 9.69. The summed E-state index contributed by atoms with van der Waals surface area (Å²) < 4.78 is 0. The van der Waals surface area contributed by atoms with Crippen LogP contribution in [0.4, 0.5) is 0 Å². The van der Waals surface area contributed by atoms with Crippen molar-refractivity contribution < 1.29 is 4.79 Å². The summed E-state index contributed by atoms with van der Waals surface area (Å²) in [6.45, 7) is 2.94. The molecule has 1 amide bonds. The van der Waals surface area contributed by atoms with E-state index in [4.69, 9.17) is 0 Å². The minimum Gasteiger partial charge on any atom is -0.334 e. The van der Waals surface area contributed by atoms with Crippen molar-refractivity contribution in [2.45, 2.75) is 31.7 Å². The molecule has 3 aromatic rings. The van der Waals surface area contributed by atoms with Crippen molar-refractivity contribution in [3.8, 4) is 0 Å². The number of benzene rings is 2. The van der Waals surface area contributed by atoms with Crippen molar-refractivity contribution in [1.29, 1.82) is 0 Å². The molecule has 1 N–H and O–H groups in total. The van der Waals surface area contributed by atoms with Gasteiger partial charge in [0, 0.05) is 18.4 Å². The van der Waals surface area contributed by atoms with Gasteiger partial charge in [-0.15, -0.1) is 0 Å². The normalized spacial score (nSPS) is 16.7. The van der Waals surface area contributed by atoms with Gasteiger partial charge in [-0.1, -0.05) is 60.7 Å². The van der Waals surface area contributed by atoms with Gasteiger partial charge in [0.25, 0.3) is 0 Å². The van der Waals surface area contributed by atoms with Gasteiger partial charge < -0.3 is 4.90 Å². The fraction of sp³-hybridized carbons (Fsp3) is 0.286. The second kappa shape index (κ2) is 6.75. The Morgan fingerprint density at radius 3 is 2.19 bits per heavy atom. The van der Waals surface area contributed by atoms with Gasteiger partial charge in [-0.3, -0.25) is 9.89 Å². The highest BCUT2D eigenvalue weighted by molar-refractivity contribution is 5.78. The van der Waals surface area contributed by atoms with E-state index in [1.165, 1.54) is 11.1 Å². The SMILES string of the molecule is Cc1nc(CN2CC(c3ccccc3)(c3ccccc3)CCC2=O)n[nH]1. The number of carbonyl (C=O) groups excluding carboxylic acids is 1. The van der Waals surface area contributed by atoms with E-state index in [0.717, 1.165) is 12.2 Å². The molecular weight excluding hydrogens is 324 g/mol. The molecule has 0 bridgehead atoms. The van der Waals surface area contributed by atoms with Crippen LogP contribution < -0.4 is 0 Å². The van der Waals surface area contributed by atoms with Gasteiger partial charge in [0.05, 0.1) is 6.54 Å². The van der Waals surface area contributed by atoms with Crippen LogP contribution in [0.2, 0.25) is 0 Å². The van der Waals surface area contributed by atoms with Crippen LogP contribution >= 0.6 is 0 Å². The second-order valence-corrected chi connectivity index (χ2v) is 6.90. The molecule has 0 saturated carbocycles. The number of nitrogens with one attached hydrogen (secondary N) is 1. The maximum atomic E-state index is 12.6. The summed E-state index contributed by atoms with van der Waals surface area (Å²) in [5.74, 6) is 1.59. The van der Waals surface area contributed by atoms with E-state index in [2.05, 4.69) is 63.7 Å². The minimum atomic E-state index is -0.207. The number of aromatic nitrogens is 3. The molecule has 5 nitrogen and oxygen atoms in total. The van der Waals surface area contributed by atoms with Crippen LogP contribution in [0.15, 0.2) is 60.7 Å². The number of piperidine rings is 1. The van der Waals surface area contributed by atoms with Gasteiger partial charge >= 0.3 is 0 Å². The summed E-state index contributed by atoms with van der Waals surface area (Å²) in [6, 6.07) is 21.0. The summed E-state index contributed by atoms with van der Waals surface area (Å²) >= 11 is 0. The van der Waals surface area contributed by atoms with Gasteiger partial charge in [-0.2, -0.15) is 5.10 Å². The third kappa shape index (κ3) is 3.01. The molecule has 0 unspecified atom stereocenters. The summed E-state index contributed by atoms with van der Waals surface area (Å²) in [5, 5.41) is 7.07. The van der Waals surface area contributed by atoms with E-state index < -0.39 is 0 Å². The van der Waals surface area contributed by atoms with Crippen LogP contribution in [-0.2, 0) is 16.8 Å². The Bertz CT molecular complexity index is 849. The van der Waals surface area contributed by atoms with Crippen molar-refractivity contribution in [3.05, 3.63) is 83.4 Å². The van der Waals surface area contributed by atoms with E-state index in [9.17, 15) is 4.79 Å². The molecule has 2 aromatic carbocycles. The average Bonchev–Trinajstić information content (AvgIpc) is 3.10. The standard InChI is InChI=1S/C21H22N4O/c1-16-22-19(24-23-16)14-25-15-21(13-12-20(25)26,17-8-4-2-5-9-17)18-10-6-3-7-11-18/h2-11H,12-15H2,1H3,(H,22,23,24). The molecule has 0 atom stereocenters. The number of carbonyl (C=O) groups is 1. The highest BCUT2D eigenvalue weighted by Gasteiger charge is 2.41. The van der Waals surface area contributed by atoms with Crippen LogP contribution in [-0.4, -0.2) is 32.5 Å². The number of aromatic amines is 1. The highest BCUT2D eigenvalue weighted by atomic mass is 16.2. The molecule has 0 aliphatic carbocycles.